The Bertz CT molecular complexity index is 345. The number of nitrogens with one attached hydrogen (secondary N) is 3. The van der Waals surface area contributed by atoms with E-state index in [0.717, 1.165) is 18.5 Å². The van der Waals surface area contributed by atoms with Crippen molar-refractivity contribution >= 4 is 10.0 Å². The molecule has 5 nitrogen and oxygen atoms in total. The van der Waals surface area contributed by atoms with Gasteiger partial charge in [0.2, 0.25) is 10.0 Å². The molecular weight excluding hydrogens is 202 g/mol. The third-order valence-corrected chi connectivity index (χ3v) is 2.37. The molecule has 0 atom stereocenters. The van der Waals surface area contributed by atoms with Gasteiger partial charge in [0, 0.05) is 31.5 Å². The monoisotopic (exact) mass is 217 g/mol. The molecule has 6 heteroatoms. The molecule has 0 aliphatic rings. The summed E-state index contributed by atoms with van der Waals surface area (Å²) in [5, 5.41) is 3.10. The van der Waals surface area contributed by atoms with Gasteiger partial charge < -0.3 is 10.3 Å². The van der Waals surface area contributed by atoms with Crippen LogP contribution in [0.3, 0.4) is 0 Å². The second kappa shape index (κ2) is 5.14. The van der Waals surface area contributed by atoms with Crippen molar-refractivity contribution in [2.24, 2.45) is 0 Å². The first-order valence-corrected chi connectivity index (χ1v) is 6.25. The fraction of sp³-hybridized carbons (Fsp3) is 0.500. The lowest BCUT2D eigenvalue weighted by molar-refractivity contribution is 0.581. The maximum absolute atomic E-state index is 10.7. The Morgan fingerprint density at radius 2 is 2.21 bits per heavy atom. The molecule has 0 aromatic carbocycles. The Morgan fingerprint density at radius 1 is 1.43 bits per heavy atom. The molecule has 0 radical (unpaired) electrons. The van der Waals surface area contributed by atoms with E-state index < -0.39 is 10.0 Å². The molecule has 0 spiro atoms. The van der Waals surface area contributed by atoms with Gasteiger partial charge in [-0.25, -0.2) is 13.1 Å². The summed E-state index contributed by atoms with van der Waals surface area (Å²) >= 11 is 0. The van der Waals surface area contributed by atoms with Crippen LogP contribution in [0.1, 0.15) is 5.69 Å². The maximum atomic E-state index is 10.7. The van der Waals surface area contributed by atoms with Gasteiger partial charge in [-0.05, 0) is 12.1 Å². The van der Waals surface area contributed by atoms with Gasteiger partial charge in [0.05, 0.1) is 6.26 Å². The molecule has 3 N–H and O–H groups in total. The molecule has 0 unspecified atom stereocenters. The van der Waals surface area contributed by atoms with E-state index in [1.54, 1.807) is 0 Å². The average molecular weight is 217 g/mol. The summed E-state index contributed by atoms with van der Waals surface area (Å²) in [6, 6.07) is 3.89. The number of aromatic amines is 1. The first-order chi connectivity index (χ1) is 6.58. The normalized spacial score (nSPS) is 11.8. The van der Waals surface area contributed by atoms with Gasteiger partial charge in [0.1, 0.15) is 0 Å². The van der Waals surface area contributed by atoms with Crippen LogP contribution in [-0.2, 0) is 16.6 Å². The summed E-state index contributed by atoms with van der Waals surface area (Å²) in [7, 11) is -3.06. The molecule has 0 aliphatic carbocycles. The Kier molecular flexibility index (Phi) is 4.12. The molecule has 0 aliphatic heterocycles. The lowest BCUT2D eigenvalue weighted by Crippen LogP contribution is -2.30. The molecule has 0 amide bonds. The number of hydrogen-bond donors (Lipinski definition) is 3. The highest BCUT2D eigenvalue weighted by Gasteiger charge is 1.98. The van der Waals surface area contributed by atoms with Crippen LogP contribution < -0.4 is 10.0 Å². The summed E-state index contributed by atoms with van der Waals surface area (Å²) in [5.74, 6) is 0. The Labute approximate surface area is 84.0 Å². The smallest absolute Gasteiger partial charge is 0.208 e. The van der Waals surface area contributed by atoms with E-state index in [9.17, 15) is 8.42 Å². The number of sulfonamides is 1. The molecule has 1 heterocycles. The van der Waals surface area contributed by atoms with Crippen LogP contribution in [0.4, 0.5) is 0 Å². The fourth-order valence-corrected chi connectivity index (χ4v) is 1.50. The fourth-order valence-electron chi connectivity index (χ4n) is 1.03. The minimum atomic E-state index is -3.06. The predicted octanol–water partition coefficient (Wildman–Crippen LogP) is -0.346. The summed E-state index contributed by atoms with van der Waals surface area (Å²) in [4.78, 5) is 3.04. The predicted molar refractivity (Wildman–Crippen MR) is 55.3 cm³/mol. The summed E-state index contributed by atoms with van der Waals surface area (Å²) in [6.45, 7) is 1.75. The number of rotatable bonds is 6. The zero-order valence-corrected chi connectivity index (χ0v) is 8.89. The highest BCUT2D eigenvalue weighted by Crippen LogP contribution is 1.91. The minimum Gasteiger partial charge on any atom is -0.364 e. The van der Waals surface area contributed by atoms with E-state index >= 15 is 0 Å². The van der Waals surface area contributed by atoms with Crippen LogP contribution in [0.25, 0.3) is 0 Å². The van der Waals surface area contributed by atoms with Crippen LogP contribution in [0.2, 0.25) is 0 Å². The molecule has 1 rings (SSSR count). The molecule has 0 fully saturated rings. The topological polar surface area (TPSA) is 74.0 Å². The van der Waals surface area contributed by atoms with Crippen LogP contribution in [0.5, 0.6) is 0 Å². The van der Waals surface area contributed by atoms with E-state index in [4.69, 9.17) is 0 Å². The Morgan fingerprint density at radius 3 is 2.79 bits per heavy atom. The van der Waals surface area contributed by atoms with Gasteiger partial charge in [-0.1, -0.05) is 0 Å². The van der Waals surface area contributed by atoms with Crippen molar-refractivity contribution in [2.45, 2.75) is 6.54 Å². The molecule has 1 aromatic heterocycles. The number of aromatic nitrogens is 1. The zero-order valence-electron chi connectivity index (χ0n) is 8.08. The highest BCUT2D eigenvalue weighted by molar-refractivity contribution is 7.88. The van der Waals surface area contributed by atoms with Crippen molar-refractivity contribution in [3.05, 3.63) is 24.0 Å². The van der Waals surface area contributed by atoms with Crippen molar-refractivity contribution in [2.75, 3.05) is 19.3 Å². The molecule has 1 aromatic rings. The summed E-state index contributed by atoms with van der Waals surface area (Å²) in [5.41, 5.74) is 1.09. The van der Waals surface area contributed by atoms with Gasteiger partial charge in [-0.15, -0.1) is 0 Å². The maximum Gasteiger partial charge on any atom is 0.208 e. The van der Waals surface area contributed by atoms with Crippen molar-refractivity contribution in [3.8, 4) is 0 Å². The first kappa shape index (κ1) is 11.2. The number of H-pyrrole nitrogens is 1. The van der Waals surface area contributed by atoms with Gasteiger partial charge in [-0.3, -0.25) is 0 Å². The molecule has 0 saturated heterocycles. The van der Waals surface area contributed by atoms with Gasteiger partial charge in [-0.2, -0.15) is 0 Å². The molecule has 0 bridgehead atoms. The van der Waals surface area contributed by atoms with E-state index in [1.165, 1.54) is 0 Å². The van der Waals surface area contributed by atoms with Crippen LogP contribution in [0, 0.1) is 0 Å². The van der Waals surface area contributed by atoms with Crippen molar-refractivity contribution in [3.63, 3.8) is 0 Å². The lowest BCUT2D eigenvalue weighted by Gasteiger charge is -2.03. The van der Waals surface area contributed by atoms with Crippen molar-refractivity contribution in [1.29, 1.82) is 0 Å². The largest absolute Gasteiger partial charge is 0.364 e. The first-order valence-electron chi connectivity index (χ1n) is 4.35. The Hall–Kier alpha value is -0.850. The van der Waals surface area contributed by atoms with Crippen molar-refractivity contribution < 1.29 is 8.42 Å². The van der Waals surface area contributed by atoms with Crippen molar-refractivity contribution in [1.82, 2.24) is 15.0 Å². The number of hydrogen-bond acceptors (Lipinski definition) is 3. The quantitative estimate of drug-likeness (QED) is 0.570. The van der Waals surface area contributed by atoms with E-state index in [1.807, 2.05) is 18.3 Å². The van der Waals surface area contributed by atoms with Gasteiger partial charge >= 0.3 is 0 Å². The van der Waals surface area contributed by atoms with Crippen LogP contribution in [-0.4, -0.2) is 32.7 Å². The molecule has 14 heavy (non-hydrogen) atoms. The van der Waals surface area contributed by atoms with E-state index in [0.29, 0.717) is 13.1 Å². The van der Waals surface area contributed by atoms with Gasteiger partial charge in [0.25, 0.3) is 0 Å². The van der Waals surface area contributed by atoms with Gasteiger partial charge in [0.15, 0.2) is 0 Å². The zero-order chi connectivity index (χ0) is 10.4. The summed E-state index contributed by atoms with van der Waals surface area (Å²) < 4.78 is 23.8. The third-order valence-electron chi connectivity index (χ3n) is 1.64. The van der Waals surface area contributed by atoms with E-state index in [-0.39, 0.29) is 0 Å². The van der Waals surface area contributed by atoms with E-state index in [2.05, 4.69) is 15.0 Å². The lowest BCUT2D eigenvalue weighted by atomic mass is 10.4. The SMILES string of the molecule is CS(=O)(=O)NCCNCc1ccc[nH]1. The van der Waals surface area contributed by atoms with Crippen LogP contribution in [0.15, 0.2) is 18.3 Å². The third kappa shape index (κ3) is 5.00. The standard InChI is InChI=1S/C8H15N3O2S/c1-14(12,13)11-6-5-9-7-8-3-2-4-10-8/h2-4,9-11H,5-7H2,1H3. The Balaban J connectivity index is 2.06. The second-order valence-electron chi connectivity index (χ2n) is 3.04. The highest BCUT2D eigenvalue weighted by atomic mass is 32.2. The molecular formula is C8H15N3O2S. The molecule has 0 saturated carbocycles. The minimum absolute atomic E-state index is 0.416. The second-order valence-corrected chi connectivity index (χ2v) is 4.87. The van der Waals surface area contributed by atoms with Crippen LogP contribution >= 0.6 is 0 Å². The summed E-state index contributed by atoms with van der Waals surface area (Å²) in [6.07, 6.45) is 3.00. The average Bonchev–Trinajstić information content (AvgIpc) is 2.54. The molecule has 80 valence electrons.